The lowest BCUT2D eigenvalue weighted by Crippen LogP contribution is -2.24. The second-order valence-corrected chi connectivity index (χ2v) is 2.55. The molecule has 2 heteroatoms. The molecule has 2 aliphatic rings. The molecule has 2 unspecified atom stereocenters. The van der Waals surface area contributed by atoms with Gasteiger partial charge >= 0.3 is 0 Å². The molecule has 0 aliphatic carbocycles. The lowest BCUT2D eigenvalue weighted by molar-refractivity contribution is 0.112. The number of hydrogen-bond donors (Lipinski definition) is 1. The molecule has 0 saturated carbocycles. The van der Waals surface area contributed by atoms with Gasteiger partial charge in [0.25, 0.3) is 0 Å². The van der Waals surface area contributed by atoms with Gasteiger partial charge in [-0.2, -0.15) is 0 Å². The molecule has 2 rings (SSSR count). The van der Waals surface area contributed by atoms with Crippen molar-refractivity contribution in [1.82, 2.24) is 5.32 Å². The number of ether oxygens (including phenoxy) is 1. The van der Waals surface area contributed by atoms with Crippen molar-refractivity contribution in [2.45, 2.75) is 38.8 Å². The average Bonchev–Trinajstić information content (AvgIpc) is 2.49. The highest BCUT2D eigenvalue weighted by Crippen LogP contribution is 2.20. The van der Waals surface area contributed by atoms with Gasteiger partial charge in [0.15, 0.2) is 0 Å². The van der Waals surface area contributed by atoms with E-state index in [4.69, 9.17) is 4.74 Å². The van der Waals surface area contributed by atoms with Crippen LogP contribution in [-0.2, 0) is 4.74 Å². The van der Waals surface area contributed by atoms with Gasteiger partial charge in [0, 0.05) is 12.6 Å². The topological polar surface area (TPSA) is 21.3 Å². The van der Waals surface area contributed by atoms with Crippen molar-refractivity contribution in [3.05, 3.63) is 0 Å². The predicted molar refractivity (Wildman–Crippen MR) is 42.1 cm³/mol. The SMILES string of the molecule is C1CC2OCCC2N1.CC. The Kier molecular flexibility index (Phi) is 3.16. The summed E-state index contributed by atoms with van der Waals surface area (Å²) in [6.45, 7) is 6.14. The highest BCUT2D eigenvalue weighted by atomic mass is 16.5. The third-order valence-corrected chi connectivity index (χ3v) is 2.04. The van der Waals surface area contributed by atoms with Gasteiger partial charge in [-0.25, -0.2) is 0 Å². The summed E-state index contributed by atoms with van der Waals surface area (Å²) in [6, 6.07) is 0.704. The molecule has 2 saturated heterocycles. The maximum atomic E-state index is 5.41. The molecule has 0 aromatic heterocycles. The fourth-order valence-electron chi connectivity index (χ4n) is 1.58. The highest BCUT2D eigenvalue weighted by molar-refractivity contribution is 4.88. The maximum absolute atomic E-state index is 5.41. The van der Waals surface area contributed by atoms with Crippen molar-refractivity contribution in [2.24, 2.45) is 0 Å². The highest BCUT2D eigenvalue weighted by Gasteiger charge is 2.31. The molecule has 2 fully saturated rings. The van der Waals surface area contributed by atoms with Gasteiger partial charge in [0.2, 0.25) is 0 Å². The van der Waals surface area contributed by atoms with Crippen LogP contribution in [0.25, 0.3) is 0 Å². The summed E-state index contributed by atoms with van der Waals surface area (Å²) >= 11 is 0. The summed E-state index contributed by atoms with van der Waals surface area (Å²) in [7, 11) is 0. The Morgan fingerprint density at radius 2 is 2.10 bits per heavy atom. The predicted octanol–water partition coefficient (Wildman–Crippen LogP) is 1.16. The van der Waals surface area contributed by atoms with E-state index in [1.807, 2.05) is 13.8 Å². The third kappa shape index (κ3) is 1.50. The van der Waals surface area contributed by atoms with Gasteiger partial charge in [-0.15, -0.1) is 0 Å². The largest absolute Gasteiger partial charge is 0.376 e. The molecule has 0 bridgehead atoms. The molecule has 0 aromatic carbocycles. The van der Waals surface area contributed by atoms with Gasteiger partial charge in [-0.05, 0) is 19.4 Å². The van der Waals surface area contributed by atoms with Crippen LogP contribution in [0.4, 0.5) is 0 Å². The monoisotopic (exact) mass is 143 g/mol. The number of nitrogens with one attached hydrogen (secondary N) is 1. The minimum atomic E-state index is 0.565. The molecule has 10 heavy (non-hydrogen) atoms. The van der Waals surface area contributed by atoms with Crippen molar-refractivity contribution in [1.29, 1.82) is 0 Å². The molecule has 2 atom stereocenters. The zero-order valence-electron chi connectivity index (χ0n) is 6.89. The molecule has 0 radical (unpaired) electrons. The first kappa shape index (κ1) is 8.02. The van der Waals surface area contributed by atoms with Crippen molar-refractivity contribution < 1.29 is 4.74 Å². The Labute approximate surface area is 63.0 Å². The van der Waals surface area contributed by atoms with Crippen LogP contribution in [0, 0.1) is 0 Å². The van der Waals surface area contributed by atoms with Crippen LogP contribution in [0.3, 0.4) is 0 Å². The molecule has 0 amide bonds. The van der Waals surface area contributed by atoms with Crippen molar-refractivity contribution >= 4 is 0 Å². The maximum Gasteiger partial charge on any atom is 0.0740 e. The number of rotatable bonds is 0. The van der Waals surface area contributed by atoms with E-state index < -0.39 is 0 Å². The zero-order valence-corrected chi connectivity index (χ0v) is 6.89. The van der Waals surface area contributed by atoms with Crippen molar-refractivity contribution in [2.75, 3.05) is 13.2 Å². The average molecular weight is 143 g/mol. The van der Waals surface area contributed by atoms with Crippen LogP contribution in [0.1, 0.15) is 26.7 Å². The fourth-order valence-corrected chi connectivity index (χ4v) is 1.58. The van der Waals surface area contributed by atoms with Crippen LogP contribution in [0.5, 0.6) is 0 Å². The summed E-state index contributed by atoms with van der Waals surface area (Å²) in [5.41, 5.74) is 0. The first-order valence-electron chi connectivity index (χ1n) is 4.32. The Morgan fingerprint density at radius 1 is 1.30 bits per heavy atom. The van der Waals surface area contributed by atoms with E-state index in [2.05, 4.69) is 5.32 Å². The van der Waals surface area contributed by atoms with Crippen molar-refractivity contribution in [3.8, 4) is 0 Å². The van der Waals surface area contributed by atoms with Gasteiger partial charge in [-0.1, -0.05) is 13.8 Å². The Balaban J connectivity index is 0.000000231. The number of fused-ring (bicyclic) bond motifs is 1. The first-order valence-corrected chi connectivity index (χ1v) is 4.32. The molecule has 0 aromatic rings. The molecule has 0 spiro atoms. The molecule has 60 valence electrons. The van der Waals surface area contributed by atoms with E-state index in [0.717, 1.165) is 13.2 Å². The molecule has 2 heterocycles. The Morgan fingerprint density at radius 3 is 2.80 bits per heavy atom. The standard InChI is InChI=1S/C6H11NO.C2H6/c1-3-7-5-2-4-8-6(1)5;1-2/h5-7H,1-4H2;1-2H3. The van der Waals surface area contributed by atoms with E-state index in [1.165, 1.54) is 12.8 Å². The summed E-state index contributed by atoms with van der Waals surface area (Å²) < 4.78 is 5.41. The minimum absolute atomic E-state index is 0.565. The van der Waals surface area contributed by atoms with Gasteiger partial charge in [0.05, 0.1) is 6.10 Å². The summed E-state index contributed by atoms with van der Waals surface area (Å²) in [4.78, 5) is 0. The van der Waals surface area contributed by atoms with E-state index in [0.29, 0.717) is 12.1 Å². The summed E-state index contributed by atoms with van der Waals surface area (Å²) in [5, 5.41) is 3.39. The van der Waals surface area contributed by atoms with E-state index in [9.17, 15) is 0 Å². The van der Waals surface area contributed by atoms with Crippen LogP contribution in [0.15, 0.2) is 0 Å². The quantitative estimate of drug-likeness (QED) is 0.549. The molecule has 1 N–H and O–H groups in total. The van der Waals surface area contributed by atoms with Crippen LogP contribution in [0.2, 0.25) is 0 Å². The molecule has 2 nitrogen and oxygen atoms in total. The normalized spacial score (nSPS) is 36.6. The van der Waals surface area contributed by atoms with E-state index >= 15 is 0 Å². The lowest BCUT2D eigenvalue weighted by atomic mass is 10.2. The minimum Gasteiger partial charge on any atom is -0.376 e. The smallest absolute Gasteiger partial charge is 0.0740 e. The third-order valence-electron chi connectivity index (χ3n) is 2.04. The van der Waals surface area contributed by atoms with Crippen LogP contribution >= 0.6 is 0 Å². The fraction of sp³-hybridized carbons (Fsp3) is 1.00. The van der Waals surface area contributed by atoms with E-state index in [1.54, 1.807) is 0 Å². The molecular weight excluding hydrogens is 126 g/mol. The van der Waals surface area contributed by atoms with Gasteiger partial charge < -0.3 is 10.1 Å². The lowest BCUT2D eigenvalue weighted by Gasteiger charge is -2.04. The summed E-state index contributed by atoms with van der Waals surface area (Å²) in [5.74, 6) is 0. The second-order valence-electron chi connectivity index (χ2n) is 2.55. The Hall–Kier alpha value is -0.0800. The zero-order chi connectivity index (χ0) is 7.40. The van der Waals surface area contributed by atoms with Crippen LogP contribution < -0.4 is 5.32 Å². The van der Waals surface area contributed by atoms with Gasteiger partial charge in [-0.3, -0.25) is 0 Å². The van der Waals surface area contributed by atoms with Crippen LogP contribution in [-0.4, -0.2) is 25.3 Å². The van der Waals surface area contributed by atoms with Crippen molar-refractivity contribution in [3.63, 3.8) is 0 Å². The van der Waals surface area contributed by atoms with Gasteiger partial charge in [0.1, 0.15) is 0 Å². The summed E-state index contributed by atoms with van der Waals surface area (Å²) in [6.07, 6.45) is 3.02. The molecule has 2 aliphatic heterocycles. The molecular formula is C8H17NO. The first-order chi connectivity index (χ1) is 4.97. The Bertz CT molecular complexity index is 75.3. The number of hydrogen-bond acceptors (Lipinski definition) is 2. The second kappa shape index (κ2) is 3.94. The van der Waals surface area contributed by atoms with E-state index in [-0.39, 0.29) is 0 Å².